The van der Waals surface area contributed by atoms with Crippen LogP contribution in [0.25, 0.3) is 15.9 Å². The minimum Gasteiger partial charge on any atom is -0.268 e. The van der Waals surface area contributed by atoms with Crippen LogP contribution in [0.5, 0.6) is 0 Å². The standard InChI is InChI=1S/C24H22N2OS2/c1-15-6-10-17(11-7-15)14-28-24-25-22-21(19-4-3-5-20(19)29-22)23(27)26(24)18-12-8-16(2)9-13-18/h6-13H,3-5,14H2,1-2H3. The first-order valence-corrected chi connectivity index (χ1v) is 11.7. The molecule has 0 unspecified atom stereocenters. The van der Waals surface area contributed by atoms with Crippen LogP contribution >= 0.6 is 23.1 Å². The molecule has 0 radical (unpaired) electrons. The molecule has 1 aliphatic rings. The zero-order valence-electron chi connectivity index (χ0n) is 16.6. The Hall–Kier alpha value is -2.37. The van der Waals surface area contributed by atoms with E-state index in [9.17, 15) is 4.79 Å². The fourth-order valence-electron chi connectivity index (χ4n) is 3.88. The third kappa shape index (κ3) is 3.43. The molecule has 3 nitrogen and oxygen atoms in total. The largest absolute Gasteiger partial charge is 0.268 e. The van der Waals surface area contributed by atoms with Crippen molar-refractivity contribution in [1.29, 1.82) is 0 Å². The van der Waals surface area contributed by atoms with E-state index in [0.29, 0.717) is 0 Å². The van der Waals surface area contributed by atoms with Crippen molar-refractivity contribution in [3.05, 3.63) is 86.0 Å². The van der Waals surface area contributed by atoms with E-state index in [1.54, 1.807) is 23.1 Å². The second-order valence-electron chi connectivity index (χ2n) is 7.68. The first-order valence-electron chi connectivity index (χ1n) is 9.93. The fraction of sp³-hybridized carbons (Fsp3) is 0.250. The Balaban J connectivity index is 1.64. The van der Waals surface area contributed by atoms with Gasteiger partial charge in [0.1, 0.15) is 4.83 Å². The van der Waals surface area contributed by atoms with Crippen molar-refractivity contribution in [2.45, 2.75) is 44.0 Å². The number of hydrogen-bond donors (Lipinski definition) is 0. The predicted molar refractivity (Wildman–Crippen MR) is 123 cm³/mol. The Kier molecular flexibility index (Phi) is 4.80. The Bertz CT molecular complexity index is 1250. The van der Waals surface area contributed by atoms with Crippen LogP contribution in [0, 0.1) is 13.8 Å². The average Bonchev–Trinajstić information content (AvgIpc) is 3.29. The number of rotatable bonds is 4. The number of fused-ring (bicyclic) bond motifs is 3. The molecule has 146 valence electrons. The summed E-state index contributed by atoms with van der Waals surface area (Å²) in [6.07, 6.45) is 3.22. The lowest BCUT2D eigenvalue weighted by molar-refractivity contribution is 0.819. The second-order valence-corrected chi connectivity index (χ2v) is 9.71. The summed E-state index contributed by atoms with van der Waals surface area (Å²) >= 11 is 3.34. The second kappa shape index (κ2) is 7.47. The Morgan fingerprint density at radius 2 is 1.69 bits per heavy atom. The van der Waals surface area contributed by atoms with Gasteiger partial charge in [0, 0.05) is 10.6 Å². The molecule has 0 saturated carbocycles. The monoisotopic (exact) mass is 418 g/mol. The molecular formula is C24H22N2OS2. The molecule has 0 bridgehead atoms. The maximum absolute atomic E-state index is 13.6. The molecule has 0 atom stereocenters. The summed E-state index contributed by atoms with van der Waals surface area (Å²) in [4.78, 5) is 20.8. The van der Waals surface area contributed by atoms with E-state index in [1.165, 1.54) is 27.1 Å². The van der Waals surface area contributed by atoms with E-state index in [1.807, 2.05) is 16.7 Å². The zero-order chi connectivity index (χ0) is 20.0. The molecule has 0 aliphatic heterocycles. The highest BCUT2D eigenvalue weighted by Crippen LogP contribution is 2.36. The van der Waals surface area contributed by atoms with Crippen LogP contribution in [0.4, 0.5) is 0 Å². The summed E-state index contributed by atoms with van der Waals surface area (Å²) in [6, 6.07) is 16.7. The molecule has 2 heterocycles. The maximum Gasteiger partial charge on any atom is 0.267 e. The van der Waals surface area contributed by atoms with Crippen molar-refractivity contribution in [3.8, 4) is 5.69 Å². The van der Waals surface area contributed by atoms with E-state index < -0.39 is 0 Å². The summed E-state index contributed by atoms with van der Waals surface area (Å²) in [5.41, 5.74) is 5.87. The molecule has 5 heteroatoms. The Morgan fingerprint density at radius 1 is 1.00 bits per heavy atom. The lowest BCUT2D eigenvalue weighted by Gasteiger charge is -2.13. The van der Waals surface area contributed by atoms with Crippen LogP contribution in [0.3, 0.4) is 0 Å². The minimum atomic E-state index is 0.0738. The van der Waals surface area contributed by atoms with E-state index in [4.69, 9.17) is 4.98 Å². The van der Waals surface area contributed by atoms with Gasteiger partial charge in [-0.15, -0.1) is 11.3 Å². The molecule has 2 aromatic carbocycles. The van der Waals surface area contributed by atoms with E-state index in [2.05, 4.69) is 50.2 Å². The van der Waals surface area contributed by atoms with Crippen LogP contribution in [-0.2, 0) is 18.6 Å². The van der Waals surface area contributed by atoms with E-state index >= 15 is 0 Å². The SMILES string of the molecule is Cc1ccc(CSc2nc3sc4c(c3c(=O)n2-c2ccc(C)cc2)CCC4)cc1. The van der Waals surface area contributed by atoms with E-state index in [-0.39, 0.29) is 5.56 Å². The van der Waals surface area contributed by atoms with Crippen molar-refractivity contribution in [2.24, 2.45) is 0 Å². The molecule has 0 amide bonds. The van der Waals surface area contributed by atoms with Gasteiger partial charge in [-0.1, -0.05) is 59.3 Å². The average molecular weight is 419 g/mol. The lowest BCUT2D eigenvalue weighted by atomic mass is 10.2. The number of aryl methyl sites for hydroxylation is 4. The summed E-state index contributed by atoms with van der Waals surface area (Å²) in [5.74, 6) is 0.787. The molecule has 4 aromatic rings. The van der Waals surface area contributed by atoms with Gasteiger partial charge in [0.2, 0.25) is 0 Å². The van der Waals surface area contributed by atoms with Crippen LogP contribution in [-0.4, -0.2) is 9.55 Å². The lowest BCUT2D eigenvalue weighted by Crippen LogP contribution is -2.21. The number of hydrogen-bond acceptors (Lipinski definition) is 4. The fourth-order valence-corrected chi connectivity index (χ4v) is 6.15. The van der Waals surface area contributed by atoms with Gasteiger partial charge in [0.05, 0.1) is 11.1 Å². The van der Waals surface area contributed by atoms with Gasteiger partial charge in [0.15, 0.2) is 5.16 Å². The number of aromatic nitrogens is 2. The van der Waals surface area contributed by atoms with Crippen molar-refractivity contribution in [2.75, 3.05) is 0 Å². The van der Waals surface area contributed by atoms with Crippen LogP contribution in [0.2, 0.25) is 0 Å². The van der Waals surface area contributed by atoms with Gasteiger partial charge in [-0.3, -0.25) is 9.36 Å². The molecule has 0 fully saturated rings. The van der Waals surface area contributed by atoms with E-state index in [0.717, 1.165) is 46.1 Å². The molecular weight excluding hydrogens is 396 g/mol. The molecule has 0 saturated heterocycles. The molecule has 29 heavy (non-hydrogen) atoms. The third-order valence-corrected chi connectivity index (χ3v) is 7.68. The van der Waals surface area contributed by atoms with Gasteiger partial charge in [0.25, 0.3) is 5.56 Å². The number of nitrogens with zero attached hydrogens (tertiary/aromatic N) is 2. The minimum absolute atomic E-state index is 0.0738. The summed E-state index contributed by atoms with van der Waals surface area (Å²) in [7, 11) is 0. The highest BCUT2D eigenvalue weighted by atomic mass is 32.2. The number of thiophene rings is 1. The first-order chi connectivity index (χ1) is 14.1. The molecule has 1 aliphatic carbocycles. The third-order valence-electron chi connectivity index (χ3n) is 5.49. The van der Waals surface area contributed by atoms with Crippen molar-refractivity contribution < 1.29 is 0 Å². The molecule has 0 N–H and O–H groups in total. The quantitative estimate of drug-likeness (QED) is 0.308. The summed E-state index contributed by atoms with van der Waals surface area (Å²) in [5, 5.41) is 1.61. The van der Waals surface area contributed by atoms with Gasteiger partial charge in [-0.2, -0.15) is 0 Å². The zero-order valence-corrected chi connectivity index (χ0v) is 18.2. The summed E-state index contributed by atoms with van der Waals surface area (Å²) < 4.78 is 1.81. The number of benzene rings is 2. The van der Waals surface area contributed by atoms with Crippen molar-refractivity contribution in [3.63, 3.8) is 0 Å². The number of thioether (sulfide) groups is 1. The Morgan fingerprint density at radius 3 is 2.41 bits per heavy atom. The maximum atomic E-state index is 13.6. The smallest absolute Gasteiger partial charge is 0.267 e. The van der Waals surface area contributed by atoms with Crippen LogP contribution in [0.15, 0.2) is 58.5 Å². The Labute approximate surface area is 178 Å². The van der Waals surface area contributed by atoms with Crippen molar-refractivity contribution >= 4 is 33.3 Å². The normalized spacial score (nSPS) is 13.2. The molecule has 2 aromatic heterocycles. The first kappa shape index (κ1) is 18.6. The van der Waals surface area contributed by atoms with Gasteiger partial charge >= 0.3 is 0 Å². The van der Waals surface area contributed by atoms with Crippen LogP contribution in [0.1, 0.15) is 33.6 Å². The molecule has 5 rings (SSSR count). The highest BCUT2D eigenvalue weighted by Gasteiger charge is 2.23. The highest BCUT2D eigenvalue weighted by molar-refractivity contribution is 7.98. The van der Waals surface area contributed by atoms with Gasteiger partial charge in [-0.25, -0.2) is 4.98 Å². The topological polar surface area (TPSA) is 34.9 Å². The van der Waals surface area contributed by atoms with Gasteiger partial charge in [-0.05, 0) is 56.4 Å². The van der Waals surface area contributed by atoms with Crippen molar-refractivity contribution in [1.82, 2.24) is 9.55 Å². The summed E-state index contributed by atoms with van der Waals surface area (Å²) in [6.45, 7) is 4.16. The van der Waals surface area contributed by atoms with Crippen LogP contribution < -0.4 is 5.56 Å². The van der Waals surface area contributed by atoms with Gasteiger partial charge < -0.3 is 0 Å². The molecule has 0 spiro atoms. The predicted octanol–water partition coefficient (Wildman–Crippen LogP) is 5.85.